The summed E-state index contributed by atoms with van der Waals surface area (Å²) in [7, 11) is 0. The van der Waals surface area contributed by atoms with Crippen LogP contribution in [0.2, 0.25) is 0 Å². The Morgan fingerprint density at radius 3 is 2.59 bits per heavy atom. The van der Waals surface area contributed by atoms with Crippen LogP contribution < -0.4 is 15.3 Å². The van der Waals surface area contributed by atoms with E-state index in [1.54, 1.807) is 17.0 Å². The minimum Gasteiger partial charge on any atom is -0.494 e. The van der Waals surface area contributed by atoms with Crippen LogP contribution in [0.3, 0.4) is 0 Å². The lowest BCUT2D eigenvalue weighted by Gasteiger charge is -2.20. The molecule has 0 spiro atoms. The molecule has 0 radical (unpaired) electrons. The average Bonchev–Trinajstić information content (AvgIpc) is 3.35. The van der Waals surface area contributed by atoms with Gasteiger partial charge in [0.25, 0.3) is 5.91 Å². The quantitative estimate of drug-likeness (QED) is 0.183. The molecular formula is C30H22N2O4S. The van der Waals surface area contributed by atoms with Crippen molar-refractivity contribution in [2.45, 2.75) is 13.5 Å². The van der Waals surface area contributed by atoms with Gasteiger partial charge in [-0.2, -0.15) is 0 Å². The summed E-state index contributed by atoms with van der Waals surface area (Å²) in [6.07, 6.45) is 0. The van der Waals surface area contributed by atoms with E-state index in [4.69, 9.17) is 14.1 Å². The van der Waals surface area contributed by atoms with Gasteiger partial charge in [0.1, 0.15) is 16.9 Å². The van der Waals surface area contributed by atoms with Gasteiger partial charge in [-0.25, -0.2) is 9.78 Å². The molecule has 0 fully saturated rings. The molecule has 2 heterocycles. The van der Waals surface area contributed by atoms with E-state index >= 15 is 0 Å². The van der Waals surface area contributed by atoms with Crippen molar-refractivity contribution < 1.29 is 13.9 Å². The third-order valence-corrected chi connectivity index (χ3v) is 7.23. The molecule has 0 saturated carbocycles. The number of thiazole rings is 1. The summed E-state index contributed by atoms with van der Waals surface area (Å²) in [6, 6.07) is 28.4. The maximum Gasteiger partial charge on any atom is 0.349 e. The summed E-state index contributed by atoms with van der Waals surface area (Å²) in [4.78, 5) is 33.3. The van der Waals surface area contributed by atoms with Gasteiger partial charge in [-0.3, -0.25) is 9.69 Å². The van der Waals surface area contributed by atoms with Gasteiger partial charge in [0.05, 0.1) is 23.4 Å². The molecule has 0 aliphatic carbocycles. The second-order valence-electron chi connectivity index (χ2n) is 8.58. The zero-order valence-electron chi connectivity index (χ0n) is 20.0. The predicted octanol–water partition coefficient (Wildman–Crippen LogP) is 6.80. The lowest BCUT2D eigenvalue weighted by Crippen LogP contribution is -2.33. The van der Waals surface area contributed by atoms with E-state index in [-0.39, 0.29) is 12.1 Å². The number of aromatic nitrogens is 1. The van der Waals surface area contributed by atoms with Crippen molar-refractivity contribution in [2.24, 2.45) is 0 Å². The Hall–Kier alpha value is -4.49. The fourth-order valence-corrected chi connectivity index (χ4v) is 5.41. The number of benzene rings is 4. The maximum absolute atomic E-state index is 14.0. The van der Waals surface area contributed by atoms with Crippen LogP contribution in [0, 0.1) is 0 Å². The number of nitrogens with zero attached hydrogens (tertiary/aromatic N) is 2. The van der Waals surface area contributed by atoms with Crippen LogP contribution in [0.15, 0.2) is 100 Å². The first-order chi connectivity index (χ1) is 18.1. The number of carbonyl (C=O) groups is 1. The third kappa shape index (κ3) is 4.34. The Morgan fingerprint density at radius 1 is 0.946 bits per heavy atom. The van der Waals surface area contributed by atoms with Gasteiger partial charge in [-0.05, 0) is 53.6 Å². The number of carbonyl (C=O) groups excluding carboxylic acids is 1. The van der Waals surface area contributed by atoms with Crippen molar-refractivity contribution in [1.29, 1.82) is 0 Å². The average molecular weight is 507 g/mol. The Morgan fingerprint density at radius 2 is 1.76 bits per heavy atom. The molecule has 182 valence electrons. The van der Waals surface area contributed by atoms with Crippen molar-refractivity contribution in [3.8, 4) is 5.75 Å². The van der Waals surface area contributed by atoms with Gasteiger partial charge in [0.15, 0.2) is 5.13 Å². The highest BCUT2D eigenvalue weighted by atomic mass is 32.1. The van der Waals surface area contributed by atoms with Gasteiger partial charge in [0.2, 0.25) is 0 Å². The Bertz CT molecular complexity index is 1820. The minimum absolute atomic E-state index is 0.0333. The van der Waals surface area contributed by atoms with Crippen LogP contribution >= 0.6 is 11.3 Å². The Labute approximate surface area is 216 Å². The zero-order chi connectivity index (χ0) is 25.4. The van der Waals surface area contributed by atoms with Crippen LogP contribution in [-0.2, 0) is 6.54 Å². The molecule has 0 bridgehead atoms. The van der Waals surface area contributed by atoms with E-state index in [2.05, 4.69) is 0 Å². The normalized spacial score (nSPS) is 11.3. The van der Waals surface area contributed by atoms with E-state index in [9.17, 15) is 9.59 Å². The lowest BCUT2D eigenvalue weighted by atomic mass is 10.0. The highest BCUT2D eigenvalue weighted by Gasteiger charge is 2.25. The molecule has 37 heavy (non-hydrogen) atoms. The number of anilines is 1. The summed E-state index contributed by atoms with van der Waals surface area (Å²) in [5.41, 5.74) is 1.41. The summed E-state index contributed by atoms with van der Waals surface area (Å²) < 4.78 is 12.1. The Kier molecular flexibility index (Phi) is 5.90. The number of hydrogen-bond donors (Lipinski definition) is 0. The highest BCUT2D eigenvalue weighted by molar-refractivity contribution is 7.22. The van der Waals surface area contributed by atoms with Crippen molar-refractivity contribution in [1.82, 2.24) is 4.98 Å². The van der Waals surface area contributed by atoms with Gasteiger partial charge >= 0.3 is 5.63 Å². The third-order valence-electron chi connectivity index (χ3n) is 6.19. The first kappa shape index (κ1) is 22.9. The van der Waals surface area contributed by atoms with Gasteiger partial charge in [0, 0.05) is 5.39 Å². The molecule has 0 atom stereocenters. The van der Waals surface area contributed by atoms with E-state index in [0.29, 0.717) is 22.7 Å². The number of hydrogen-bond acceptors (Lipinski definition) is 6. The largest absolute Gasteiger partial charge is 0.494 e. The number of fused-ring (bicyclic) bond motifs is 4. The lowest BCUT2D eigenvalue weighted by molar-refractivity contribution is 0.0981. The second kappa shape index (κ2) is 9.52. The number of rotatable bonds is 6. The summed E-state index contributed by atoms with van der Waals surface area (Å²) in [5.74, 6) is 0.282. The highest BCUT2D eigenvalue weighted by Crippen LogP contribution is 2.33. The van der Waals surface area contributed by atoms with Crippen LogP contribution in [0.5, 0.6) is 5.75 Å². The molecule has 1 amide bonds. The summed E-state index contributed by atoms with van der Waals surface area (Å²) in [6.45, 7) is 2.74. The molecule has 0 saturated heterocycles. The molecule has 0 aliphatic rings. The monoisotopic (exact) mass is 506 g/mol. The van der Waals surface area contributed by atoms with Gasteiger partial charge < -0.3 is 9.15 Å². The van der Waals surface area contributed by atoms with Crippen LogP contribution in [-0.4, -0.2) is 17.5 Å². The predicted molar refractivity (Wildman–Crippen MR) is 148 cm³/mol. The molecule has 6 rings (SSSR count). The van der Waals surface area contributed by atoms with E-state index < -0.39 is 11.5 Å². The molecule has 4 aromatic carbocycles. The molecule has 6 aromatic rings. The molecule has 0 unspecified atom stereocenters. The number of ether oxygens (including phenoxy) is 1. The van der Waals surface area contributed by atoms with Gasteiger partial charge in [-0.15, -0.1) is 0 Å². The van der Waals surface area contributed by atoms with Crippen LogP contribution in [0.4, 0.5) is 5.13 Å². The van der Waals surface area contributed by atoms with Crippen molar-refractivity contribution >= 4 is 54.3 Å². The smallest absolute Gasteiger partial charge is 0.349 e. The summed E-state index contributed by atoms with van der Waals surface area (Å²) >= 11 is 1.38. The van der Waals surface area contributed by atoms with Crippen LogP contribution in [0.1, 0.15) is 22.8 Å². The number of amides is 1. The van der Waals surface area contributed by atoms with Crippen molar-refractivity contribution in [3.63, 3.8) is 0 Å². The van der Waals surface area contributed by atoms with E-state index in [1.807, 2.05) is 85.8 Å². The maximum atomic E-state index is 14.0. The van der Waals surface area contributed by atoms with Gasteiger partial charge in [-0.1, -0.05) is 72.0 Å². The first-order valence-electron chi connectivity index (χ1n) is 12.0. The molecule has 2 aromatic heterocycles. The molecule has 6 nitrogen and oxygen atoms in total. The van der Waals surface area contributed by atoms with E-state index in [1.165, 1.54) is 11.3 Å². The molecule has 0 aliphatic heterocycles. The molecule has 7 heteroatoms. The minimum atomic E-state index is -0.675. The summed E-state index contributed by atoms with van der Waals surface area (Å²) in [5, 5.41) is 3.12. The van der Waals surface area contributed by atoms with Crippen LogP contribution in [0.25, 0.3) is 32.0 Å². The molecule has 0 N–H and O–H groups in total. The second-order valence-corrected chi connectivity index (χ2v) is 9.59. The van der Waals surface area contributed by atoms with E-state index in [0.717, 1.165) is 32.3 Å². The Balaban J connectivity index is 1.49. The zero-order valence-corrected chi connectivity index (χ0v) is 20.8. The molecular weight excluding hydrogens is 484 g/mol. The fraction of sp³-hybridized carbons (Fsp3) is 0.100. The standard InChI is InChI=1S/C30H22N2O4S/c1-2-35-21-13-14-25-27(16-21)37-30(31-25)32(18-19-8-4-3-5-9-19)28(33)24-17-23-22-11-7-6-10-20(22)12-15-26(23)36-29(24)34/h3-17H,2,18H2,1H3. The SMILES string of the molecule is CCOc1ccc2nc(N(Cc3ccccc3)C(=O)c3cc4c(ccc5ccccc54)oc3=O)sc2c1. The van der Waals surface area contributed by atoms with Crippen molar-refractivity contribution in [2.75, 3.05) is 11.5 Å². The first-order valence-corrected chi connectivity index (χ1v) is 12.8. The van der Waals surface area contributed by atoms with Crippen molar-refractivity contribution in [3.05, 3.63) is 113 Å². The fourth-order valence-electron chi connectivity index (χ4n) is 4.42. The topological polar surface area (TPSA) is 72.6 Å².